The minimum absolute atomic E-state index is 0.0526. The molecule has 0 spiro atoms. The van der Waals surface area contributed by atoms with Gasteiger partial charge in [0.25, 0.3) is 5.91 Å². The first-order valence-electron chi connectivity index (χ1n) is 10.6. The molecule has 1 N–H and O–H groups in total. The maximum atomic E-state index is 13.8. The summed E-state index contributed by atoms with van der Waals surface area (Å²) in [4.78, 5) is 17.1. The molecule has 0 fully saturated rings. The van der Waals surface area contributed by atoms with Crippen LogP contribution >= 0.6 is 0 Å². The van der Waals surface area contributed by atoms with E-state index in [4.69, 9.17) is 0 Å². The van der Waals surface area contributed by atoms with Crippen molar-refractivity contribution < 1.29 is 35.9 Å². The van der Waals surface area contributed by atoms with Gasteiger partial charge in [0.15, 0.2) is 17.1 Å². The van der Waals surface area contributed by atoms with Gasteiger partial charge < -0.3 is 10.1 Å². The molecule has 2 aromatic heterocycles. The molecule has 0 saturated carbocycles. The highest BCUT2D eigenvalue weighted by Crippen LogP contribution is 2.34. The molecule has 0 saturated heterocycles. The first-order valence-corrected chi connectivity index (χ1v) is 10.6. The summed E-state index contributed by atoms with van der Waals surface area (Å²) < 4.78 is 85.1. The summed E-state index contributed by atoms with van der Waals surface area (Å²) in [6.45, 7) is 0.633. The molecular weight excluding hydrogens is 490 g/mol. The molecule has 2 heterocycles. The van der Waals surface area contributed by atoms with E-state index in [1.165, 1.54) is 0 Å². The Kier molecular flexibility index (Phi) is 6.61. The molecule has 12 heteroatoms. The largest absolute Gasteiger partial charge is 0.433 e. The number of aromatic nitrogens is 3. The van der Waals surface area contributed by atoms with Crippen LogP contribution < -0.4 is 10.1 Å². The number of halogens is 6. The van der Waals surface area contributed by atoms with E-state index in [9.17, 15) is 31.1 Å². The number of hydrogen-bond donors (Lipinski definition) is 1. The summed E-state index contributed by atoms with van der Waals surface area (Å²) in [5.41, 5.74) is -0.969. The van der Waals surface area contributed by atoms with E-state index in [0.29, 0.717) is 16.1 Å². The average Bonchev–Trinajstić information content (AvgIpc) is 3.23. The zero-order chi connectivity index (χ0) is 26.2. The Labute approximate surface area is 200 Å². The van der Waals surface area contributed by atoms with Crippen molar-refractivity contribution in [2.75, 3.05) is 5.32 Å². The number of anilines is 1. The van der Waals surface area contributed by atoms with Crippen molar-refractivity contribution >= 4 is 17.2 Å². The molecule has 4 rings (SSSR count). The minimum Gasteiger partial charge on any atom is -0.432 e. The first kappa shape index (κ1) is 25.0. The Morgan fingerprint density at radius 1 is 1.06 bits per heavy atom. The fourth-order valence-corrected chi connectivity index (χ4v) is 3.49. The quantitative estimate of drug-likeness (QED) is 0.301. The van der Waals surface area contributed by atoms with Gasteiger partial charge in [-0.05, 0) is 29.7 Å². The highest BCUT2D eigenvalue weighted by Gasteiger charge is 2.36. The van der Waals surface area contributed by atoms with Crippen LogP contribution in [0.4, 0.5) is 32.0 Å². The second-order valence-corrected chi connectivity index (χ2v) is 8.07. The zero-order valence-electron chi connectivity index (χ0n) is 18.8. The van der Waals surface area contributed by atoms with Crippen LogP contribution in [0.5, 0.6) is 5.75 Å². The number of amides is 1. The van der Waals surface area contributed by atoms with Crippen LogP contribution in [0.3, 0.4) is 0 Å². The summed E-state index contributed by atoms with van der Waals surface area (Å²) in [6, 6.07) is 10.1. The Hall–Kier alpha value is -4.09. The summed E-state index contributed by atoms with van der Waals surface area (Å²) >= 11 is 0. The lowest BCUT2D eigenvalue weighted by Crippen LogP contribution is -2.16. The molecule has 188 valence electrons. The Balaban J connectivity index is 1.79. The van der Waals surface area contributed by atoms with E-state index in [-0.39, 0.29) is 22.9 Å². The number of ether oxygens (including phenoxy) is 1. The maximum absolute atomic E-state index is 13.8. The first-order chi connectivity index (χ1) is 16.9. The van der Waals surface area contributed by atoms with Crippen molar-refractivity contribution in [1.29, 1.82) is 0 Å². The number of nitrogens with zero attached hydrogens (tertiary/aromatic N) is 3. The van der Waals surface area contributed by atoms with Crippen molar-refractivity contribution in [1.82, 2.24) is 14.6 Å². The maximum Gasteiger partial charge on any atom is 0.433 e. The monoisotopic (exact) mass is 508 g/mol. The Bertz CT molecular complexity index is 1410. The molecule has 0 radical (unpaired) electrons. The fraction of sp³-hybridized carbons (Fsp3) is 0.208. The molecule has 0 aliphatic rings. The van der Waals surface area contributed by atoms with Crippen LogP contribution in [0.25, 0.3) is 16.9 Å². The lowest BCUT2D eigenvalue weighted by molar-refractivity contribution is -0.142. The van der Waals surface area contributed by atoms with Crippen molar-refractivity contribution in [3.8, 4) is 17.0 Å². The van der Waals surface area contributed by atoms with Crippen LogP contribution in [0, 0.1) is 5.82 Å². The van der Waals surface area contributed by atoms with Gasteiger partial charge in [0.1, 0.15) is 11.4 Å². The third-order valence-electron chi connectivity index (χ3n) is 5.29. The molecule has 0 aliphatic heterocycles. The number of fused-ring (bicyclic) bond motifs is 1. The highest BCUT2D eigenvalue weighted by atomic mass is 19.4. The van der Waals surface area contributed by atoms with Crippen molar-refractivity contribution in [2.45, 2.75) is 32.6 Å². The van der Waals surface area contributed by atoms with E-state index in [1.54, 1.807) is 24.3 Å². The van der Waals surface area contributed by atoms with Gasteiger partial charge in [-0.2, -0.15) is 27.1 Å². The van der Waals surface area contributed by atoms with Gasteiger partial charge in [-0.3, -0.25) is 4.79 Å². The molecule has 1 amide bonds. The highest BCUT2D eigenvalue weighted by molar-refractivity contribution is 6.08. The second kappa shape index (κ2) is 9.51. The van der Waals surface area contributed by atoms with Crippen LogP contribution in [0.15, 0.2) is 54.7 Å². The lowest BCUT2D eigenvalue weighted by atomic mass is 10.0. The van der Waals surface area contributed by atoms with Gasteiger partial charge in [0.2, 0.25) is 0 Å². The Morgan fingerprint density at radius 2 is 1.75 bits per heavy atom. The molecule has 0 aliphatic carbocycles. The molecule has 36 heavy (non-hydrogen) atoms. The molecule has 0 unspecified atom stereocenters. The van der Waals surface area contributed by atoms with Gasteiger partial charge in [-0.1, -0.05) is 38.1 Å². The van der Waals surface area contributed by atoms with Gasteiger partial charge >= 0.3 is 12.8 Å². The fourth-order valence-electron chi connectivity index (χ4n) is 3.49. The number of nitrogens with one attached hydrogen (secondary N) is 1. The van der Waals surface area contributed by atoms with Crippen LogP contribution in [-0.2, 0) is 6.18 Å². The van der Waals surface area contributed by atoms with E-state index in [1.807, 2.05) is 13.8 Å². The van der Waals surface area contributed by atoms with Crippen LogP contribution in [0.2, 0.25) is 0 Å². The van der Waals surface area contributed by atoms with E-state index in [0.717, 1.165) is 30.0 Å². The molecule has 2 aromatic carbocycles. The van der Waals surface area contributed by atoms with Crippen molar-refractivity contribution in [2.24, 2.45) is 0 Å². The second-order valence-electron chi connectivity index (χ2n) is 8.07. The number of carbonyl (C=O) groups is 1. The van der Waals surface area contributed by atoms with Gasteiger partial charge in [0.05, 0.1) is 17.6 Å². The Morgan fingerprint density at radius 3 is 2.36 bits per heavy atom. The number of alkyl halides is 5. The van der Waals surface area contributed by atoms with Crippen molar-refractivity contribution in [3.05, 3.63) is 77.4 Å². The number of rotatable bonds is 6. The predicted molar refractivity (Wildman–Crippen MR) is 118 cm³/mol. The topological polar surface area (TPSA) is 68.5 Å². The van der Waals surface area contributed by atoms with Gasteiger partial charge in [0, 0.05) is 11.6 Å². The molecule has 0 atom stereocenters. The van der Waals surface area contributed by atoms with E-state index in [2.05, 4.69) is 20.1 Å². The predicted octanol–water partition coefficient (Wildman–Crippen LogP) is 6.53. The number of hydrogen-bond acceptors (Lipinski definition) is 4. The number of benzene rings is 2. The lowest BCUT2D eigenvalue weighted by Gasteiger charge is -2.13. The third-order valence-corrected chi connectivity index (χ3v) is 5.29. The molecule has 0 bridgehead atoms. The molecule has 6 nitrogen and oxygen atoms in total. The molecule has 4 aromatic rings. The minimum atomic E-state index is -4.83. The summed E-state index contributed by atoms with van der Waals surface area (Å²) in [6.07, 6.45) is -3.96. The van der Waals surface area contributed by atoms with Crippen LogP contribution in [-0.4, -0.2) is 27.1 Å². The summed E-state index contributed by atoms with van der Waals surface area (Å²) in [5.74, 6) is -2.37. The zero-order valence-corrected chi connectivity index (χ0v) is 18.8. The van der Waals surface area contributed by atoms with Crippen molar-refractivity contribution in [3.63, 3.8) is 0 Å². The summed E-state index contributed by atoms with van der Waals surface area (Å²) in [7, 11) is 0. The standard InChI is InChI=1S/C24H18F6N4O2/c1-12(2)13-3-5-14(6-4-13)18-10-20(24(28,29)30)34-21(32-18)16(11-31-34)22(35)33-17-8-7-15(25)9-19(17)36-23(26)27/h3-12,23H,1-2H3,(H,33,35). The summed E-state index contributed by atoms with van der Waals surface area (Å²) in [5, 5.41) is 5.90. The van der Waals surface area contributed by atoms with E-state index < -0.39 is 41.6 Å². The van der Waals surface area contributed by atoms with Gasteiger partial charge in [-0.25, -0.2) is 13.9 Å². The SMILES string of the molecule is CC(C)c1ccc(-c2cc(C(F)(F)F)n3ncc(C(=O)Nc4ccc(F)cc4OC(F)F)c3n2)cc1. The average molecular weight is 508 g/mol. The smallest absolute Gasteiger partial charge is 0.432 e. The number of carbonyl (C=O) groups excluding carboxylic acids is 1. The van der Waals surface area contributed by atoms with Crippen LogP contribution in [0.1, 0.15) is 41.4 Å². The molecular formula is C24H18F6N4O2. The normalized spacial score (nSPS) is 11.9. The van der Waals surface area contributed by atoms with Gasteiger partial charge in [-0.15, -0.1) is 0 Å². The third kappa shape index (κ3) is 5.11. The van der Waals surface area contributed by atoms with E-state index >= 15 is 0 Å².